The lowest BCUT2D eigenvalue weighted by Crippen LogP contribution is -2.62. The summed E-state index contributed by atoms with van der Waals surface area (Å²) in [6, 6.07) is 2.94. The molecular formula is C16H21N3O3. The van der Waals surface area contributed by atoms with Gasteiger partial charge in [-0.1, -0.05) is 0 Å². The highest BCUT2D eigenvalue weighted by Crippen LogP contribution is 2.38. The van der Waals surface area contributed by atoms with E-state index in [9.17, 15) is 14.4 Å². The van der Waals surface area contributed by atoms with Gasteiger partial charge in [0, 0.05) is 23.7 Å². The predicted molar refractivity (Wildman–Crippen MR) is 81.7 cm³/mol. The molecule has 2 fully saturated rings. The van der Waals surface area contributed by atoms with Crippen LogP contribution in [0.3, 0.4) is 0 Å². The van der Waals surface area contributed by atoms with Gasteiger partial charge in [0.25, 0.3) is 5.91 Å². The van der Waals surface area contributed by atoms with E-state index in [1.165, 1.54) is 6.07 Å². The van der Waals surface area contributed by atoms with E-state index in [0.29, 0.717) is 24.3 Å². The molecule has 1 atom stereocenters. The van der Waals surface area contributed by atoms with Gasteiger partial charge in [0.2, 0.25) is 11.5 Å². The fourth-order valence-corrected chi connectivity index (χ4v) is 2.95. The second kappa shape index (κ2) is 5.26. The van der Waals surface area contributed by atoms with Crippen LogP contribution >= 0.6 is 0 Å². The van der Waals surface area contributed by atoms with Crippen molar-refractivity contribution in [2.45, 2.75) is 57.0 Å². The number of aromatic amines is 1. The van der Waals surface area contributed by atoms with Crippen molar-refractivity contribution in [3.05, 3.63) is 33.7 Å². The van der Waals surface area contributed by atoms with Crippen LogP contribution in [0.25, 0.3) is 0 Å². The van der Waals surface area contributed by atoms with Crippen LogP contribution in [0.15, 0.2) is 16.9 Å². The highest BCUT2D eigenvalue weighted by atomic mass is 16.2. The zero-order valence-electron chi connectivity index (χ0n) is 12.9. The quantitative estimate of drug-likeness (QED) is 0.779. The Balaban J connectivity index is 1.77. The molecule has 0 aromatic carbocycles. The molecule has 0 radical (unpaired) electrons. The Labute approximate surface area is 128 Å². The number of aromatic nitrogens is 1. The van der Waals surface area contributed by atoms with Gasteiger partial charge in [-0.05, 0) is 45.1 Å². The Morgan fingerprint density at radius 3 is 2.59 bits per heavy atom. The molecule has 1 saturated heterocycles. The average molecular weight is 303 g/mol. The largest absolute Gasteiger partial charge is 0.349 e. The lowest BCUT2D eigenvalue weighted by Gasteiger charge is -2.39. The minimum Gasteiger partial charge on any atom is -0.349 e. The standard InChI is InChI=1S/C16H21N3O3/c1-16(2)12(5-6-13(20)19-16)18-15(22)10-7-11(9-3-4-9)17-14(21)8-10/h7-9,12H,3-6H2,1-2H3,(H,17,21)(H,18,22)(H,19,20). The third-order valence-corrected chi connectivity index (χ3v) is 4.44. The topological polar surface area (TPSA) is 91.1 Å². The van der Waals surface area contributed by atoms with Crippen molar-refractivity contribution in [2.75, 3.05) is 0 Å². The fourth-order valence-electron chi connectivity index (χ4n) is 2.95. The van der Waals surface area contributed by atoms with Crippen LogP contribution in [0.5, 0.6) is 0 Å². The van der Waals surface area contributed by atoms with Gasteiger partial charge < -0.3 is 15.6 Å². The molecule has 3 N–H and O–H groups in total. The molecule has 1 saturated carbocycles. The van der Waals surface area contributed by atoms with Crippen molar-refractivity contribution < 1.29 is 9.59 Å². The minimum atomic E-state index is -0.495. The van der Waals surface area contributed by atoms with E-state index in [1.54, 1.807) is 6.07 Å². The summed E-state index contributed by atoms with van der Waals surface area (Å²) in [5, 5.41) is 5.85. The summed E-state index contributed by atoms with van der Waals surface area (Å²) < 4.78 is 0. The summed E-state index contributed by atoms with van der Waals surface area (Å²) in [4.78, 5) is 38.5. The molecule has 0 spiro atoms. The van der Waals surface area contributed by atoms with Crippen molar-refractivity contribution >= 4 is 11.8 Å². The molecule has 2 amide bonds. The van der Waals surface area contributed by atoms with Crippen molar-refractivity contribution in [1.29, 1.82) is 0 Å². The van der Waals surface area contributed by atoms with Crippen LogP contribution < -0.4 is 16.2 Å². The van der Waals surface area contributed by atoms with Crippen molar-refractivity contribution in [2.24, 2.45) is 0 Å². The molecule has 1 aliphatic carbocycles. The number of amides is 2. The molecule has 6 nitrogen and oxygen atoms in total. The first kappa shape index (κ1) is 14.8. The first-order valence-corrected chi connectivity index (χ1v) is 7.71. The molecule has 1 aromatic rings. The lowest BCUT2D eigenvalue weighted by atomic mass is 9.86. The summed E-state index contributed by atoms with van der Waals surface area (Å²) in [7, 11) is 0. The zero-order valence-corrected chi connectivity index (χ0v) is 12.9. The Morgan fingerprint density at radius 2 is 1.95 bits per heavy atom. The van der Waals surface area contributed by atoms with E-state index in [-0.39, 0.29) is 23.4 Å². The number of piperidine rings is 1. The van der Waals surface area contributed by atoms with Crippen molar-refractivity contribution in [1.82, 2.24) is 15.6 Å². The molecule has 0 bridgehead atoms. The first-order chi connectivity index (χ1) is 10.3. The van der Waals surface area contributed by atoms with E-state index < -0.39 is 5.54 Å². The summed E-state index contributed by atoms with van der Waals surface area (Å²) in [6.45, 7) is 3.78. The second-order valence-electron chi connectivity index (χ2n) is 6.80. The number of rotatable bonds is 3. The van der Waals surface area contributed by atoms with Gasteiger partial charge in [-0.2, -0.15) is 0 Å². The fraction of sp³-hybridized carbons (Fsp3) is 0.562. The van der Waals surface area contributed by atoms with Gasteiger partial charge in [0.15, 0.2) is 0 Å². The van der Waals surface area contributed by atoms with Gasteiger partial charge in [0.05, 0.1) is 11.6 Å². The lowest BCUT2D eigenvalue weighted by molar-refractivity contribution is -0.125. The van der Waals surface area contributed by atoms with Gasteiger partial charge in [-0.3, -0.25) is 14.4 Å². The van der Waals surface area contributed by atoms with Crippen LogP contribution in [0.4, 0.5) is 0 Å². The van der Waals surface area contributed by atoms with E-state index in [0.717, 1.165) is 18.5 Å². The van der Waals surface area contributed by atoms with Gasteiger partial charge in [0.1, 0.15) is 0 Å². The van der Waals surface area contributed by atoms with E-state index >= 15 is 0 Å². The van der Waals surface area contributed by atoms with Crippen LogP contribution in [-0.2, 0) is 4.79 Å². The van der Waals surface area contributed by atoms with Gasteiger partial charge >= 0.3 is 0 Å². The highest BCUT2D eigenvalue weighted by molar-refractivity contribution is 5.94. The normalized spacial score (nSPS) is 23.7. The number of nitrogens with one attached hydrogen (secondary N) is 3. The molecular weight excluding hydrogens is 282 g/mol. The van der Waals surface area contributed by atoms with E-state index in [1.807, 2.05) is 13.8 Å². The van der Waals surface area contributed by atoms with Crippen LogP contribution in [0.1, 0.15) is 61.5 Å². The van der Waals surface area contributed by atoms with Crippen LogP contribution in [-0.4, -0.2) is 28.4 Å². The maximum atomic E-state index is 12.5. The van der Waals surface area contributed by atoms with Crippen LogP contribution in [0.2, 0.25) is 0 Å². The molecule has 1 unspecified atom stereocenters. The number of carbonyl (C=O) groups excluding carboxylic acids is 2. The number of hydrogen-bond donors (Lipinski definition) is 3. The Kier molecular flexibility index (Phi) is 3.54. The summed E-state index contributed by atoms with van der Waals surface area (Å²) in [5.74, 6) is 0.121. The van der Waals surface area contributed by atoms with E-state index in [4.69, 9.17) is 0 Å². The third kappa shape index (κ3) is 3.05. The molecule has 1 aliphatic heterocycles. The molecule has 6 heteroatoms. The predicted octanol–water partition coefficient (Wildman–Crippen LogP) is 1.04. The molecule has 22 heavy (non-hydrogen) atoms. The Hall–Kier alpha value is -2.11. The third-order valence-electron chi connectivity index (χ3n) is 4.44. The number of carbonyl (C=O) groups is 2. The molecule has 1 aromatic heterocycles. The first-order valence-electron chi connectivity index (χ1n) is 7.71. The minimum absolute atomic E-state index is 0.00248. The SMILES string of the molecule is CC1(C)NC(=O)CCC1NC(=O)c1cc(C2CC2)[nH]c(=O)c1. The maximum absolute atomic E-state index is 12.5. The zero-order chi connectivity index (χ0) is 15.9. The Bertz CT molecular complexity index is 673. The van der Waals surface area contributed by atoms with Crippen molar-refractivity contribution in [3.63, 3.8) is 0 Å². The van der Waals surface area contributed by atoms with Gasteiger partial charge in [-0.15, -0.1) is 0 Å². The summed E-state index contributed by atoms with van der Waals surface area (Å²) in [5.41, 5.74) is 0.490. The van der Waals surface area contributed by atoms with Gasteiger partial charge in [-0.25, -0.2) is 0 Å². The molecule has 2 heterocycles. The maximum Gasteiger partial charge on any atom is 0.251 e. The summed E-state index contributed by atoms with van der Waals surface area (Å²) in [6.07, 6.45) is 3.12. The molecule has 3 rings (SSSR count). The summed E-state index contributed by atoms with van der Waals surface area (Å²) >= 11 is 0. The number of pyridine rings is 1. The van der Waals surface area contributed by atoms with Crippen LogP contribution in [0, 0.1) is 0 Å². The van der Waals surface area contributed by atoms with Crippen molar-refractivity contribution in [3.8, 4) is 0 Å². The Morgan fingerprint density at radius 1 is 1.23 bits per heavy atom. The number of H-pyrrole nitrogens is 1. The number of hydrogen-bond acceptors (Lipinski definition) is 3. The average Bonchev–Trinajstić information content (AvgIpc) is 3.25. The van der Waals surface area contributed by atoms with E-state index in [2.05, 4.69) is 15.6 Å². The smallest absolute Gasteiger partial charge is 0.251 e. The second-order valence-corrected chi connectivity index (χ2v) is 6.80. The highest BCUT2D eigenvalue weighted by Gasteiger charge is 2.36. The molecule has 2 aliphatic rings. The molecule has 118 valence electrons. The monoisotopic (exact) mass is 303 g/mol.